The normalized spacial score (nSPS) is 10.9. The Bertz CT molecular complexity index is 1260. The van der Waals surface area contributed by atoms with E-state index in [9.17, 15) is 8.42 Å². The molecule has 3 aromatic heterocycles. The minimum atomic E-state index is -3.42. The molecule has 3 aromatic rings. The minimum absolute atomic E-state index is 0.161. The first kappa shape index (κ1) is 20.2. The average Bonchev–Trinajstić information content (AvgIpc) is 2.61. The van der Waals surface area contributed by atoms with Crippen molar-refractivity contribution in [1.82, 2.24) is 19.9 Å². The summed E-state index contributed by atoms with van der Waals surface area (Å²) >= 11 is 0. The summed E-state index contributed by atoms with van der Waals surface area (Å²) < 4.78 is 25.5. The zero-order valence-electron chi connectivity index (χ0n) is 16.5. The Balaban J connectivity index is 2.09. The molecule has 0 aliphatic rings. The van der Waals surface area contributed by atoms with E-state index in [2.05, 4.69) is 36.5 Å². The Hall–Kier alpha value is -3.51. The number of rotatable bonds is 3. The highest BCUT2D eigenvalue weighted by Crippen LogP contribution is 2.24. The van der Waals surface area contributed by atoms with E-state index in [1.54, 1.807) is 25.4 Å². The second kappa shape index (κ2) is 7.85. The maximum atomic E-state index is 11.5. The highest BCUT2D eigenvalue weighted by Gasteiger charge is 2.12. The number of nitrogens with one attached hydrogen (secondary N) is 1. The van der Waals surface area contributed by atoms with Crippen LogP contribution in [0.5, 0.6) is 0 Å². The molecule has 0 unspecified atom stereocenters. The third-order valence-corrected chi connectivity index (χ3v) is 4.58. The fourth-order valence-electron chi connectivity index (χ4n) is 2.69. The number of pyridine rings is 2. The van der Waals surface area contributed by atoms with Crippen molar-refractivity contribution in [3.05, 3.63) is 58.8 Å². The SMILES string of the molecule is Cc1cc(-c2nc(N)nc(C)c2C#Cc2cnc(C)c(NS(C)(=O)=O)c2)ccn1. The molecule has 0 amide bonds. The van der Waals surface area contributed by atoms with Crippen molar-refractivity contribution in [3.63, 3.8) is 0 Å². The van der Waals surface area contributed by atoms with Crippen LogP contribution in [0.2, 0.25) is 0 Å². The number of hydrogen-bond donors (Lipinski definition) is 2. The van der Waals surface area contributed by atoms with Crippen LogP contribution in [0, 0.1) is 32.6 Å². The molecule has 0 aromatic carbocycles. The van der Waals surface area contributed by atoms with Crippen LogP contribution in [0.4, 0.5) is 11.6 Å². The molecule has 29 heavy (non-hydrogen) atoms. The first-order valence-electron chi connectivity index (χ1n) is 8.66. The first-order chi connectivity index (χ1) is 13.6. The summed E-state index contributed by atoms with van der Waals surface area (Å²) in [5.41, 5.74) is 10.9. The Morgan fingerprint density at radius 3 is 2.48 bits per heavy atom. The quantitative estimate of drug-likeness (QED) is 0.637. The van der Waals surface area contributed by atoms with Gasteiger partial charge in [-0.25, -0.2) is 18.4 Å². The van der Waals surface area contributed by atoms with Crippen molar-refractivity contribution in [1.29, 1.82) is 0 Å². The van der Waals surface area contributed by atoms with Gasteiger partial charge in [0.15, 0.2) is 0 Å². The molecule has 0 atom stereocenters. The molecule has 0 spiro atoms. The van der Waals surface area contributed by atoms with E-state index in [0.717, 1.165) is 17.5 Å². The van der Waals surface area contributed by atoms with Crippen LogP contribution in [0.15, 0.2) is 30.6 Å². The lowest BCUT2D eigenvalue weighted by molar-refractivity contribution is 0.606. The average molecular weight is 408 g/mol. The Labute approximate surface area is 169 Å². The number of nitrogen functional groups attached to an aromatic ring is 1. The van der Waals surface area contributed by atoms with Gasteiger partial charge >= 0.3 is 0 Å². The summed E-state index contributed by atoms with van der Waals surface area (Å²) in [6.45, 7) is 5.41. The van der Waals surface area contributed by atoms with Crippen LogP contribution in [0.1, 0.15) is 28.2 Å². The number of nitrogens with zero attached hydrogens (tertiary/aromatic N) is 4. The summed E-state index contributed by atoms with van der Waals surface area (Å²) in [7, 11) is -3.42. The summed E-state index contributed by atoms with van der Waals surface area (Å²) in [6, 6.07) is 5.37. The van der Waals surface area contributed by atoms with E-state index in [1.807, 2.05) is 26.0 Å². The van der Waals surface area contributed by atoms with E-state index >= 15 is 0 Å². The van der Waals surface area contributed by atoms with Gasteiger partial charge in [0, 0.05) is 29.2 Å². The summed E-state index contributed by atoms with van der Waals surface area (Å²) in [6.07, 6.45) is 4.37. The van der Waals surface area contributed by atoms with E-state index in [4.69, 9.17) is 5.73 Å². The molecule has 0 aliphatic heterocycles. The highest BCUT2D eigenvalue weighted by atomic mass is 32.2. The van der Waals surface area contributed by atoms with Crippen molar-refractivity contribution in [2.24, 2.45) is 0 Å². The summed E-state index contributed by atoms with van der Waals surface area (Å²) in [5, 5.41) is 0. The van der Waals surface area contributed by atoms with Crippen molar-refractivity contribution in [2.45, 2.75) is 20.8 Å². The third-order valence-electron chi connectivity index (χ3n) is 3.99. The van der Waals surface area contributed by atoms with Crippen LogP contribution < -0.4 is 10.5 Å². The molecule has 0 saturated heterocycles. The molecule has 0 fully saturated rings. The van der Waals surface area contributed by atoms with Crippen LogP contribution >= 0.6 is 0 Å². The van der Waals surface area contributed by atoms with Crippen molar-refractivity contribution < 1.29 is 8.42 Å². The zero-order chi connectivity index (χ0) is 21.2. The van der Waals surface area contributed by atoms with Crippen LogP contribution in [-0.2, 0) is 10.0 Å². The standard InChI is InChI=1S/C20H20N6O2S/c1-12-9-16(7-8-22-12)19-17(13(2)24-20(21)25-19)6-5-15-10-18(14(3)23-11-15)26-29(4,27)28/h7-11,26H,1-4H3,(H2,21,24,25). The lowest BCUT2D eigenvalue weighted by Gasteiger charge is -2.08. The molecule has 3 N–H and O–H groups in total. The van der Waals surface area contributed by atoms with Gasteiger partial charge in [0.05, 0.1) is 34.6 Å². The molecule has 148 valence electrons. The lowest BCUT2D eigenvalue weighted by Crippen LogP contribution is -2.11. The van der Waals surface area contributed by atoms with E-state index < -0.39 is 10.0 Å². The smallest absolute Gasteiger partial charge is 0.229 e. The lowest BCUT2D eigenvalue weighted by atomic mass is 10.0. The van der Waals surface area contributed by atoms with Gasteiger partial charge in [-0.2, -0.15) is 0 Å². The monoisotopic (exact) mass is 408 g/mol. The van der Waals surface area contributed by atoms with Gasteiger partial charge in [-0.3, -0.25) is 14.7 Å². The second-order valence-corrected chi connectivity index (χ2v) is 8.31. The van der Waals surface area contributed by atoms with Gasteiger partial charge in [-0.15, -0.1) is 0 Å². The first-order valence-corrected chi connectivity index (χ1v) is 10.5. The van der Waals surface area contributed by atoms with Crippen LogP contribution in [0.25, 0.3) is 11.3 Å². The third kappa shape index (κ3) is 5.06. The molecule has 3 heterocycles. The van der Waals surface area contributed by atoms with E-state index in [0.29, 0.717) is 33.9 Å². The van der Waals surface area contributed by atoms with Gasteiger partial charge in [-0.1, -0.05) is 11.8 Å². The summed E-state index contributed by atoms with van der Waals surface area (Å²) in [4.78, 5) is 17.0. The number of anilines is 2. The molecule has 0 radical (unpaired) electrons. The van der Waals surface area contributed by atoms with Crippen LogP contribution in [0.3, 0.4) is 0 Å². The predicted molar refractivity (Wildman–Crippen MR) is 113 cm³/mol. The van der Waals surface area contributed by atoms with Gasteiger partial charge in [0.2, 0.25) is 16.0 Å². The maximum absolute atomic E-state index is 11.5. The van der Waals surface area contributed by atoms with Gasteiger partial charge < -0.3 is 5.73 Å². The molecule has 9 heteroatoms. The fraction of sp³-hybridized carbons (Fsp3) is 0.200. The van der Waals surface area contributed by atoms with Gasteiger partial charge in [-0.05, 0) is 39.0 Å². The Morgan fingerprint density at radius 2 is 1.79 bits per heavy atom. The molecule has 8 nitrogen and oxygen atoms in total. The zero-order valence-corrected chi connectivity index (χ0v) is 17.3. The molecular weight excluding hydrogens is 388 g/mol. The number of aryl methyl sites for hydroxylation is 3. The topological polar surface area (TPSA) is 124 Å². The molecule has 3 rings (SSSR count). The largest absolute Gasteiger partial charge is 0.368 e. The fourth-order valence-corrected chi connectivity index (χ4v) is 3.29. The van der Waals surface area contributed by atoms with Crippen LogP contribution in [-0.4, -0.2) is 34.6 Å². The number of sulfonamides is 1. The number of aromatic nitrogens is 4. The number of nitrogens with two attached hydrogens (primary N) is 1. The Kier molecular flexibility index (Phi) is 5.48. The summed E-state index contributed by atoms with van der Waals surface area (Å²) in [5.74, 6) is 6.26. The Morgan fingerprint density at radius 1 is 1.03 bits per heavy atom. The van der Waals surface area contributed by atoms with E-state index in [1.165, 1.54) is 0 Å². The molecule has 0 bridgehead atoms. The van der Waals surface area contributed by atoms with Crippen molar-refractivity contribution in [3.8, 4) is 23.1 Å². The van der Waals surface area contributed by atoms with Gasteiger partial charge in [0.1, 0.15) is 0 Å². The predicted octanol–water partition coefficient (Wildman–Crippen LogP) is 2.21. The molecule has 0 saturated carbocycles. The second-order valence-electron chi connectivity index (χ2n) is 6.56. The maximum Gasteiger partial charge on any atom is 0.229 e. The highest BCUT2D eigenvalue weighted by molar-refractivity contribution is 7.92. The minimum Gasteiger partial charge on any atom is -0.368 e. The molecular formula is C20H20N6O2S. The van der Waals surface area contributed by atoms with Crippen molar-refractivity contribution in [2.75, 3.05) is 16.7 Å². The molecule has 0 aliphatic carbocycles. The van der Waals surface area contributed by atoms with Crippen molar-refractivity contribution >= 4 is 21.7 Å². The number of hydrogen-bond acceptors (Lipinski definition) is 7. The van der Waals surface area contributed by atoms with Gasteiger partial charge in [0.25, 0.3) is 0 Å². The van der Waals surface area contributed by atoms with E-state index in [-0.39, 0.29) is 5.95 Å².